The fourth-order valence-electron chi connectivity index (χ4n) is 1.98. The maximum Gasteiger partial charge on any atom is 0.334 e. The second-order valence-corrected chi connectivity index (χ2v) is 3.94. The maximum absolute atomic E-state index is 11.2. The van der Waals surface area contributed by atoms with Crippen LogP contribution in [-0.4, -0.2) is 12.1 Å². The standard InChI is InChI=1S/C11H14O2/c1-7-3-5-9-8(2)11(12)13-10(9)6-4-7/h4,6-7,9-10H,2-3,5H2,1H3/t7-,9-,10-/m0/s1. The fourth-order valence-corrected chi connectivity index (χ4v) is 1.98. The Labute approximate surface area is 78.3 Å². The zero-order valence-electron chi connectivity index (χ0n) is 7.82. The molecule has 0 saturated carbocycles. The van der Waals surface area contributed by atoms with Crippen LogP contribution in [0.2, 0.25) is 0 Å². The van der Waals surface area contributed by atoms with Crippen molar-refractivity contribution in [1.82, 2.24) is 0 Å². The number of esters is 1. The highest BCUT2D eigenvalue weighted by atomic mass is 16.5. The van der Waals surface area contributed by atoms with Crippen molar-refractivity contribution in [3.8, 4) is 0 Å². The van der Waals surface area contributed by atoms with E-state index >= 15 is 0 Å². The third kappa shape index (κ3) is 1.41. The van der Waals surface area contributed by atoms with Gasteiger partial charge in [-0.1, -0.05) is 19.6 Å². The molecule has 1 fully saturated rings. The Morgan fingerprint density at radius 2 is 2.23 bits per heavy atom. The molecule has 1 aliphatic heterocycles. The van der Waals surface area contributed by atoms with Crippen molar-refractivity contribution < 1.29 is 9.53 Å². The monoisotopic (exact) mass is 178 g/mol. The van der Waals surface area contributed by atoms with E-state index < -0.39 is 0 Å². The molecule has 2 rings (SSSR count). The predicted molar refractivity (Wildman–Crippen MR) is 50.0 cm³/mol. The molecule has 0 bridgehead atoms. The second kappa shape index (κ2) is 3.02. The summed E-state index contributed by atoms with van der Waals surface area (Å²) in [6, 6.07) is 0. The first kappa shape index (κ1) is 8.54. The second-order valence-electron chi connectivity index (χ2n) is 3.94. The summed E-state index contributed by atoms with van der Waals surface area (Å²) in [5.41, 5.74) is 0.656. The SMILES string of the molecule is C=C1C(=O)O[C@H]2C=C[C@@H](C)CC[C@@H]12. The number of rotatable bonds is 0. The first-order valence-corrected chi connectivity index (χ1v) is 4.76. The average Bonchev–Trinajstić information content (AvgIpc) is 2.28. The van der Waals surface area contributed by atoms with Crippen LogP contribution >= 0.6 is 0 Å². The van der Waals surface area contributed by atoms with Crippen LogP contribution < -0.4 is 0 Å². The molecule has 2 nitrogen and oxygen atoms in total. The highest BCUT2D eigenvalue weighted by Crippen LogP contribution is 2.34. The van der Waals surface area contributed by atoms with Crippen LogP contribution in [0.15, 0.2) is 24.3 Å². The fraction of sp³-hybridized carbons (Fsp3) is 0.545. The molecule has 1 aliphatic carbocycles. The van der Waals surface area contributed by atoms with Gasteiger partial charge in [-0.25, -0.2) is 4.79 Å². The zero-order valence-corrected chi connectivity index (χ0v) is 7.82. The van der Waals surface area contributed by atoms with Crippen LogP contribution in [0.1, 0.15) is 19.8 Å². The van der Waals surface area contributed by atoms with Crippen molar-refractivity contribution in [2.45, 2.75) is 25.9 Å². The summed E-state index contributed by atoms with van der Waals surface area (Å²) < 4.78 is 5.18. The van der Waals surface area contributed by atoms with E-state index in [1.807, 2.05) is 6.08 Å². The molecular formula is C11H14O2. The van der Waals surface area contributed by atoms with Crippen molar-refractivity contribution in [3.05, 3.63) is 24.3 Å². The largest absolute Gasteiger partial charge is 0.454 e. The Morgan fingerprint density at radius 3 is 3.00 bits per heavy atom. The van der Waals surface area contributed by atoms with Gasteiger partial charge in [-0.15, -0.1) is 0 Å². The first-order chi connectivity index (χ1) is 6.18. The number of hydrogen-bond acceptors (Lipinski definition) is 2. The number of allylic oxidation sites excluding steroid dienone is 1. The number of carbonyl (C=O) groups is 1. The molecule has 70 valence electrons. The molecule has 0 radical (unpaired) electrons. The van der Waals surface area contributed by atoms with E-state index in [4.69, 9.17) is 4.74 Å². The van der Waals surface area contributed by atoms with Gasteiger partial charge in [-0.2, -0.15) is 0 Å². The number of carbonyl (C=O) groups excluding carboxylic acids is 1. The number of ether oxygens (including phenoxy) is 1. The molecule has 0 unspecified atom stereocenters. The summed E-state index contributed by atoms with van der Waals surface area (Å²) >= 11 is 0. The van der Waals surface area contributed by atoms with E-state index in [0.29, 0.717) is 11.5 Å². The van der Waals surface area contributed by atoms with E-state index in [1.165, 1.54) is 0 Å². The highest BCUT2D eigenvalue weighted by molar-refractivity contribution is 5.91. The van der Waals surface area contributed by atoms with Crippen LogP contribution in [0.5, 0.6) is 0 Å². The Balaban J connectivity index is 2.21. The zero-order chi connectivity index (χ0) is 9.42. The van der Waals surface area contributed by atoms with Crippen LogP contribution in [0, 0.1) is 11.8 Å². The lowest BCUT2D eigenvalue weighted by molar-refractivity contribution is -0.137. The van der Waals surface area contributed by atoms with Gasteiger partial charge in [0.25, 0.3) is 0 Å². The van der Waals surface area contributed by atoms with Gasteiger partial charge in [0.2, 0.25) is 0 Å². The minimum absolute atomic E-state index is 0.0371. The van der Waals surface area contributed by atoms with Crippen LogP contribution in [0.25, 0.3) is 0 Å². The lowest BCUT2D eigenvalue weighted by atomic mass is 9.92. The molecule has 1 saturated heterocycles. The lowest BCUT2D eigenvalue weighted by Crippen LogP contribution is -2.12. The van der Waals surface area contributed by atoms with E-state index in [9.17, 15) is 4.79 Å². The quantitative estimate of drug-likeness (QED) is 0.322. The van der Waals surface area contributed by atoms with Crippen molar-refractivity contribution in [2.24, 2.45) is 11.8 Å². The third-order valence-corrected chi connectivity index (χ3v) is 2.91. The van der Waals surface area contributed by atoms with Crippen LogP contribution in [-0.2, 0) is 9.53 Å². The summed E-state index contributed by atoms with van der Waals surface area (Å²) in [5.74, 6) is 0.611. The number of hydrogen-bond donors (Lipinski definition) is 0. The molecule has 0 N–H and O–H groups in total. The molecule has 1 heterocycles. The molecule has 0 aromatic carbocycles. The van der Waals surface area contributed by atoms with E-state index in [0.717, 1.165) is 12.8 Å². The smallest absolute Gasteiger partial charge is 0.334 e. The van der Waals surface area contributed by atoms with Crippen molar-refractivity contribution in [1.29, 1.82) is 0 Å². The molecule has 3 atom stereocenters. The van der Waals surface area contributed by atoms with Crippen molar-refractivity contribution in [3.63, 3.8) is 0 Å². The van der Waals surface area contributed by atoms with Crippen LogP contribution in [0.4, 0.5) is 0 Å². The van der Waals surface area contributed by atoms with Gasteiger partial charge in [0.05, 0.1) is 0 Å². The van der Waals surface area contributed by atoms with Gasteiger partial charge in [0.15, 0.2) is 0 Å². The summed E-state index contributed by atoms with van der Waals surface area (Å²) in [6.45, 7) is 5.96. The molecular weight excluding hydrogens is 164 g/mol. The summed E-state index contributed by atoms with van der Waals surface area (Å²) in [4.78, 5) is 11.2. The molecule has 0 spiro atoms. The Kier molecular flexibility index (Phi) is 1.98. The molecule has 0 aromatic heterocycles. The van der Waals surface area contributed by atoms with Crippen molar-refractivity contribution in [2.75, 3.05) is 0 Å². The minimum Gasteiger partial charge on any atom is -0.454 e. The first-order valence-electron chi connectivity index (χ1n) is 4.76. The predicted octanol–water partition coefficient (Wildman–Crippen LogP) is 2.07. The van der Waals surface area contributed by atoms with Gasteiger partial charge < -0.3 is 4.74 Å². The molecule has 13 heavy (non-hydrogen) atoms. The molecule has 2 aliphatic rings. The molecule has 0 aromatic rings. The van der Waals surface area contributed by atoms with Crippen LogP contribution in [0.3, 0.4) is 0 Å². The number of fused-ring (bicyclic) bond motifs is 1. The summed E-state index contributed by atoms with van der Waals surface area (Å²) in [6.07, 6.45) is 6.25. The maximum atomic E-state index is 11.2. The van der Waals surface area contributed by atoms with Gasteiger partial charge in [0, 0.05) is 11.5 Å². The topological polar surface area (TPSA) is 26.3 Å². The minimum atomic E-state index is -0.214. The van der Waals surface area contributed by atoms with Gasteiger partial charge in [-0.3, -0.25) is 0 Å². The van der Waals surface area contributed by atoms with Gasteiger partial charge in [0.1, 0.15) is 6.10 Å². The van der Waals surface area contributed by atoms with E-state index in [1.54, 1.807) is 0 Å². The van der Waals surface area contributed by atoms with Crippen molar-refractivity contribution >= 4 is 5.97 Å². The van der Waals surface area contributed by atoms with Gasteiger partial charge in [-0.05, 0) is 24.8 Å². The van der Waals surface area contributed by atoms with E-state index in [2.05, 4.69) is 19.6 Å². The molecule has 0 amide bonds. The highest BCUT2D eigenvalue weighted by Gasteiger charge is 2.37. The Bertz CT molecular complexity index is 278. The molecule has 2 heteroatoms. The average molecular weight is 178 g/mol. The Morgan fingerprint density at radius 1 is 1.46 bits per heavy atom. The summed E-state index contributed by atoms with van der Waals surface area (Å²) in [5, 5.41) is 0. The Hall–Kier alpha value is -1.05. The normalized spacial score (nSPS) is 38.4. The summed E-state index contributed by atoms with van der Waals surface area (Å²) in [7, 11) is 0. The van der Waals surface area contributed by atoms with Gasteiger partial charge >= 0.3 is 5.97 Å². The van der Waals surface area contributed by atoms with E-state index in [-0.39, 0.29) is 18.0 Å². The third-order valence-electron chi connectivity index (χ3n) is 2.91. The lowest BCUT2D eigenvalue weighted by Gasteiger charge is -2.10.